The molecule has 0 saturated heterocycles. The number of likely N-dealkylation sites (N-methyl/N-ethyl adjacent to an activating group) is 1. The van der Waals surface area contributed by atoms with Gasteiger partial charge in [0.05, 0.1) is 11.6 Å². The predicted octanol–water partition coefficient (Wildman–Crippen LogP) is 2.99. The van der Waals surface area contributed by atoms with Gasteiger partial charge in [-0.15, -0.1) is 0 Å². The van der Waals surface area contributed by atoms with Gasteiger partial charge < -0.3 is 14.4 Å². The monoisotopic (exact) mass is 299 g/mol. The number of hydrogen-bond acceptors (Lipinski definition) is 3. The minimum absolute atomic E-state index is 0.00964. The molecule has 1 unspecified atom stereocenters. The van der Waals surface area contributed by atoms with Crippen molar-refractivity contribution in [3.05, 3.63) is 29.3 Å². The minimum atomic E-state index is -0.394. The molecule has 1 aromatic rings. The summed E-state index contributed by atoms with van der Waals surface area (Å²) in [5.74, 6) is 0.662. The molecule has 4 nitrogen and oxygen atoms in total. The van der Waals surface area contributed by atoms with Gasteiger partial charge in [0.1, 0.15) is 11.9 Å². The Balaban J connectivity index is 2.27. The number of ether oxygens (including phenoxy) is 2. The van der Waals surface area contributed by atoms with Crippen LogP contribution >= 0.6 is 11.6 Å². The first-order valence-corrected chi connectivity index (χ1v) is 7.18. The van der Waals surface area contributed by atoms with E-state index in [9.17, 15) is 4.79 Å². The van der Waals surface area contributed by atoms with Crippen molar-refractivity contribution in [1.29, 1.82) is 0 Å². The zero-order valence-corrected chi connectivity index (χ0v) is 13.0. The number of amides is 1. The van der Waals surface area contributed by atoms with Gasteiger partial charge in [-0.1, -0.05) is 23.7 Å². The topological polar surface area (TPSA) is 38.8 Å². The summed E-state index contributed by atoms with van der Waals surface area (Å²) < 4.78 is 10.8. The van der Waals surface area contributed by atoms with Crippen LogP contribution in [0.25, 0.3) is 0 Å². The fourth-order valence-corrected chi connectivity index (χ4v) is 1.98. The Hall–Kier alpha value is -1.26. The van der Waals surface area contributed by atoms with Crippen molar-refractivity contribution < 1.29 is 14.3 Å². The number of hydrogen-bond donors (Lipinski definition) is 0. The maximum atomic E-state index is 11.9. The van der Waals surface area contributed by atoms with Crippen molar-refractivity contribution in [3.8, 4) is 5.75 Å². The van der Waals surface area contributed by atoms with Crippen LogP contribution in [0.4, 0.5) is 0 Å². The average molecular weight is 300 g/mol. The largest absolute Gasteiger partial charge is 0.492 e. The Morgan fingerprint density at radius 2 is 2.10 bits per heavy atom. The van der Waals surface area contributed by atoms with Crippen LogP contribution in [0.15, 0.2) is 24.3 Å². The maximum absolute atomic E-state index is 11.9. The molecule has 20 heavy (non-hydrogen) atoms. The number of para-hydroxylation sites is 1. The molecule has 0 bridgehead atoms. The van der Waals surface area contributed by atoms with Crippen LogP contribution in [0, 0.1) is 0 Å². The molecule has 0 saturated carbocycles. The smallest absolute Gasteiger partial charge is 0.251 e. The highest BCUT2D eigenvalue weighted by Crippen LogP contribution is 2.23. The van der Waals surface area contributed by atoms with Gasteiger partial charge in [-0.25, -0.2) is 0 Å². The SMILES string of the molecule is CCOC(C)C(=O)N(C)CCCOc1ccccc1Cl. The van der Waals surface area contributed by atoms with Gasteiger partial charge in [-0.2, -0.15) is 0 Å². The number of carbonyl (C=O) groups is 1. The van der Waals surface area contributed by atoms with Gasteiger partial charge in [-0.3, -0.25) is 4.79 Å². The third-order valence-corrected chi connectivity index (χ3v) is 3.18. The number of carbonyl (C=O) groups excluding carboxylic acids is 1. The van der Waals surface area contributed by atoms with Gasteiger partial charge in [0.15, 0.2) is 0 Å². The van der Waals surface area contributed by atoms with Crippen LogP contribution < -0.4 is 4.74 Å². The van der Waals surface area contributed by atoms with Gasteiger partial charge in [-0.05, 0) is 32.4 Å². The van der Waals surface area contributed by atoms with Crippen LogP contribution in [0.2, 0.25) is 5.02 Å². The van der Waals surface area contributed by atoms with E-state index in [0.29, 0.717) is 30.5 Å². The normalized spacial score (nSPS) is 12.0. The van der Waals surface area contributed by atoms with Gasteiger partial charge in [0.25, 0.3) is 5.91 Å². The first kappa shape index (κ1) is 16.8. The quantitative estimate of drug-likeness (QED) is 0.693. The van der Waals surface area contributed by atoms with Gasteiger partial charge in [0, 0.05) is 20.2 Å². The van der Waals surface area contributed by atoms with Crippen molar-refractivity contribution in [2.45, 2.75) is 26.4 Å². The van der Waals surface area contributed by atoms with E-state index >= 15 is 0 Å². The number of rotatable bonds is 8. The van der Waals surface area contributed by atoms with Crippen molar-refractivity contribution in [1.82, 2.24) is 4.90 Å². The molecule has 0 heterocycles. The minimum Gasteiger partial charge on any atom is -0.492 e. The summed E-state index contributed by atoms with van der Waals surface area (Å²) in [4.78, 5) is 13.6. The van der Waals surface area contributed by atoms with Crippen LogP contribution in [-0.2, 0) is 9.53 Å². The lowest BCUT2D eigenvalue weighted by atomic mass is 10.3. The lowest BCUT2D eigenvalue weighted by Gasteiger charge is -2.21. The first-order chi connectivity index (χ1) is 9.56. The lowest BCUT2D eigenvalue weighted by molar-refractivity contribution is -0.141. The standard InChI is InChI=1S/C15H22ClNO3/c1-4-19-12(2)15(18)17(3)10-7-11-20-14-9-6-5-8-13(14)16/h5-6,8-9,12H,4,7,10-11H2,1-3H3. The molecule has 5 heteroatoms. The van der Waals surface area contributed by atoms with E-state index in [1.165, 1.54) is 0 Å². The molecule has 1 amide bonds. The third-order valence-electron chi connectivity index (χ3n) is 2.87. The molecule has 0 fully saturated rings. The Labute approximate surface area is 125 Å². The highest BCUT2D eigenvalue weighted by atomic mass is 35.5. The second kappa shape index (κ2) is 8.82. The molecule has 0 radical (unpaired) electrons. The van der Waals surface area contributed by atoms with Crippen molar-refractivity contribution >= 4 is 17.5 Å². The molecule has 0 aromatic heterocycles. The van der Waals surface area contributed by atoms with Crippen LogP contribution in [0.3, 0.4) is 0 Å². The lowest BCUT2D eigenvalue weighted by Crippen LogP contribution is -2.37. The molecule has 0 spiro atoms. The zero-order valence-electron chi connectivity index (χ0n) is 12.3. The van der Waals surface area contributed by atoms with E-state index in [0.717, 1.165) is 6.42 Å². The van der Waals surface area contributed by atoms with E-state index in [1.54, 1.807) is 24.9 Å². The summed E-state index contributed by atoms with van der Waals surface area (Å²) in [6.45, 7) is 5.32. The van der Waals surface area contributed by atoms with Crippen molar-refractivity contribution in [2.75, 3.05) is 26.8 Å². The Morgan fingerprint density at radius 1 is 1.40 bits per heavy atom. The fraction of sp³-hybridized carbons (Fsp3) is 0.533. The highest BCUT2D eigenvalue weighted by molar-refractivity contribution is 6.32. The molecule has 0 aliphatic carbocycles. The molecular weight excluding hydrogens is 278 g/mol. The van der Waals surface area contributed by atoms with Gasteiger partial charge >= 0.3 is 0 Å². The predicted molar refractivity (Wildman–Crippen MR) is 80.3 cm³/mol. The summed E-state index contributed by atoms with van der Waals surface area (Å²) in [5, 5.41) is 0.599. The van der Waals surface area contributed by atoms with Crippen LogP contribution in [0.1, 0.15) is 20.3 Å². The summed E-state index contributed by atoms with van der Waals surface area (Å²) >= 11 is 5.99. The van der Waals surface area contributed by atoms with Crippen LogP contribution in [-0.4, -0.2) is 43.7 Å². The number of nitrogens with zero attached hydrogens (tertiary/aromatic N) is 1. The molecule has 0 N–H and O–H groups in total. The zero-order chi connectivity index (χ0) is 15.0. The molecule has 1 atom stereocenters. The van der Waals surface area contributed by atoms with Crippen molar-refractivity contribution in [2.24, 2.45) is 0 Å². The van der Waals surface area contributed by atoms with E-state index < -0.39 is 6.10 Å². The summed E-state index contributed by atoms with van der Waals surface area (Å²) in [6.07, 6.45) is 0.348. The highest BCUT2D eigenvalue weighted by Gasteiger charge is 2.16. The molecule has 1 rings (SSSR count). The molecular formula is C15H22ClNO3. The van der Waals surface area contributed by atoms with E-state index in [1.807, 2.05) is 25.1 Å². The molecule has 112 valence electrons. The molecule has 0 aliphatic rings. The summed E-state index contributed by atoms with van der Waals surface area (Å²) in [5.41, 5.74) is 0. The van der Waals surface area contributed by atoms with E-state index in [-0.39, 0.29) is 5.91 Å². The summed E-state index contributed by atoms with van der Waals surface area (Å²) in [6, 6.07) is 7.35. The van der Waals surface area contributed by atoms with Crippen molar-refractivity contribution in [3.63, 3.8) is 0 Å². The van der Waals surface area contributed by atoms with E-state index in [4.69, 9.17) is 21.1 Å². The second-order valence-corrected chi connectivity index (χ2v) is 4.90. The Kier molecular flexibility index (Phi) is 7.41. The summed E-state index contributed by atoms with van der Waals surface area (Å²) in [7, 11) is 1.77. The molecule has 1 aromatic carbocycles. The Bertz CT molecular complexity index is 425. The molecule has 0 aliphatic heterocycles. The fourth-order valence-electron chi connectivity index (χ4n) is 1.79. The number of benzene rings is 1. The average Bonchev–Trinajstić information content (AvgIpc) is 2.44. The third kappa shape index (κ3) is 5.39. The van der Waals surface area contributed by atoms with E-state index in [2.05, 4.69) is 0 Å². The van der Waals surface area contributed by atoms with Gasteiger partial charge in [0.2, 0.25) is 0 Å². The Morgan fingerprint density at radius 3 is 2.75 bits per heavy atom. The maximum Gasteiger partial charge on any atom is 0.251 e. The number of halogens is 1. The van der Waals surface area contributed by atoms with Crippen LogP contribution in [0.5, 0.6) is 5.75 Å². The first-order valence-electron chi connectivity index (χ1n) is 6.80. The second-order valence-electron chi connectivity index (χ2n) is 4.49.